The Morgan fingerprint density at radius 3 is 2.27 bits per heavy atom. The van der Waals surface area contributed by atoms with Crippen molar-refractivity contribution in [2.45, 2.75) is 59.1 Å². The van der Waals surface area contributed by atoms with Crippen LogP contribution in [0.25, 0.3) is 5.76 Å². The summed E-state index contributed by atoms with van der Waals surface area (Å²) in [5, 5.41) is 11.6. The Kier molecular flexibility index (Phi) is 12.5. The summed E-state index contributed by atoms with van der Waals surface area (Å²) in [4.78, 5) is 30.9. The van der Waals surface area contributed by atoms with E-state index in [0.29, 0.717) is 54.6 Å². The van der Waals surface area contributed by atoms with Gasteiger partial charge in [0.25, 0.3) is 11.7 Å². The summed E-state index contributed by atoms with van der Waals surface area (Å²) in [6.07, 6.45) is 3.79. The van der Waals surface area contributed by atoms with Crippen molar-refractivity contribution in [2.75, 3.05) is 39.9 Å². The average molecular weight is 615 g/mol. The van der Waals surface area contributed by atoms with Gasteiger partial charge < -0.3 is 29.1 Å². The predicted molar refractivity (Wildman–Crippen MR) is 177 cm³/mol. The Balaban J connectivity index is 1.65. The Bertz CT molecular complexity index is 1430. The molecule has 1 aliphatic rings. The molecule has 4 rings (SSSR count). The number of hydrogen-bond acceptors (Lipinski definition) is 7. The Morgan fingerprint density at radius 1 is 0.867 bits per heavy atom. The molecule has 0 radical (unpaired) electrons. The number of aliphatic hydroxyl groups is 1. The number of hydrogen-bond donors (Lipinski definition) is 1. The number of ether oxygens (including phenoxy) is 3. The maximum Gasteiger partial charge on any atom is 0.295 e. The third-order valence-corrected chi connectivity index (χ3v) is 8.19. The zero-order valence-electron chi connectivity index (χ0n) is 27.0. The topological polar surface area (TPSA) is 88.5 Å². The van der Waals surface area contributed by atoms with E-state index in [9.17, 15) is 14.7 Å². The molecule has 45 heavy (non-hydrogen) atoms. The van der Waals surface area contributed by atoms with Gasteiger partial charge in [0.1, 0.15) is 18.1 Å². The van der Waals surface area contributed by atoms with E-state index in [1.54, 1.807) is 42.3 Å². The van der Waals surface area contributed by atoms with Gasteiger partial charge in [-0.15, -0.1) is 0 Å². The SMILES string of the molecule is CCCCCOc1ccc(C2/C(=C(/O)c3ccc(OCc4ccccc4)cc3)C(=O)C(=O)N2CCCN(CC)CC)cc1OC. The highest BCUT2D eigenvalue weighted by Crippen LogP contribution is 2.42. The highest BCUT2D eigenvalue weighted by molar-refractivity contribution is 6.46. The smallest absolute Gasteiger partial charge is 0.295 e. The molecule has 240 valence electrons. The third-order valence-electron chi connectivity index (χ3n) is 8.19. The average Bonchev–Trinajstić information content (AvgIpc) is 3.33. The van der Waals surface area contributed by atoms with Crippen LogP contribution in [0.3, 0.4) is 0 Å². The summed E-state index contributed by atoms with van der Waals surface area (Å²) in [6.45, 7) is 10.3. The third kappa shape index (κ3) is 8.45. The van der Waals surface area contributed by atoms with E-state index >= 15 is 0 Å². The molecule has 8 nitrogen and oxygen atoms in total. The number of methoxy groups -OCH3 is 1. The van der Waals surface area contributed by atoms with E-state index < -0.39 is 17.7 Å². The van der Waals surface area contributed by atoms with Crippen LogP contribution < -0.4 is 14.2 Å². The predicted octanol–water partition coefficient (Wildman–Crippen LogP) is 7.00. The molecule has 8 heteroatoms. The van der Waals surface area contributed by atoms with E-state index in [0.717, 1.165) is 44.5 Å². The van der Waals surface area contributed by atoms with Crippen molar-refractivity contribution in [1.29, 1.82) is 0 Å². The second kappa shape index (κ2) is 16.7. The largest absolute Gasteiger partial charge is 0.507 e. The number of nitrogens with zero attached hydrogens (tertiary/aromatic N) is 2. The van der Waals surface area contributed by atoms with Crippen LogP contribution >= 0.6 is 0 Å². The van der Waals surface area contributed by atoms with Gasteiger partial charge in [0.15, 0.2) is 11.5 Å². The molecule has 0 spiro atoms. The van der Waals surface area contributed by atoms with Gasteiger partial charge >= 0.3 is 0 Å². The molecular formula is C37H46N2O6. The zero-order chi connectivity index (χ0) is 32.2. The number of benzene rings is 3. The maximum absolute atomic E-state index is 13.6. The van der Waals surface area contributed by atoms with Gasteiger partial charge in [-0.05, 0) is 80.0 Å². The van der Waals surface area contributed by atoms with Crippen LogP contribution in [0, 0.1) is 0 Å². The molecule has 1 fully saturated rings. The zero-order valence-corrected chi connectivity index (χ0v) is 27.0. The van der Waals surface area contributed by atoms with Crippen molar-refractivity contribution in [2.24, 2.45) is 0 Å². The molecule has 0 saturated carbocycles. The molecule has 0 bridgehead atoms. The summed E-state index contributed by atoms with van der Waals surface area (Å²) >= 11 is 0. The van der Waals surface area contributed by atoms with Gasteiger partial charge in [0, 0.05) is 12.1 Å². The number of rotatable bonds is 17. The fourth-order valence-corrected chi connectivity index (χ4v) is 5.57. The maximum atomic E-state index is 13.6. The molecule has 1 heterocycles. The molecule has 3 aromatic carbocycles. The second-order valence-electron chi connectivity index (χ2n) is 11.1. The minimum absolute atomic E-state index is 0.0551. The first-order chi connectivity index (χ1) is 21.9. The van der Waals surface area contributed by atoms with Crippen LogP contribution in [-0.2, 0) is 16.2 Å². The number of carbonyl (C=O) groups excluding carboxylic acids is 2. The van der Waals surface area contributed by atoms with Gasteiger partial charge in [-0.2, -0.15) is 0 Å². The van der Waals surface area contributed by atoms with Gasteiger partial charge in [0.2, 0.25) is 0 Å². The van der Waals surface area contributed by atoms with Crippen LogP contribution in [0.15, 0.2) is 78.4 Å². The van der Waals surface area contributed by atoms with E-state index in [-0.39, 0.29) is 11.3 Å². The van der Waals surface area contributed by atoms with Crippen molar-refractivity contribution < 1.29 is 28.9 Å². The van der Waals surface area contributed by atoms with E-state index in [4.69, 9.17) is 14.2 Å². The lowest BCUT2D eigenvalue weighted by Crippen LogP contribution is -2.33. The van der Waals surface area contributed by atoms with Crippen LogP contribution in [-0.4, -0.2) is 66.5 Å². The first kappa shape index (κ1) is 33.6. The quantitative estimate of drug-likeness (QED) is 0.0758. The highest BCUT2D eigenvalue weighted by Gasteiger charge is 2.46. The highest BCUT2D eigenvalue weighted by atomic mass is 16.5. The van der Waals surface area contributed by atoms with Crippen LogP contribution in [0.2, 0.25) is 0 Å². The van der Waals surface area contributed by atoms with Crippen LogP contribution in [0.5, 0.6) is 17.2 Å². The monoisotopic (exact) mass is 614 g/mol. The molecule has 1 atom stereocenters. The van der Waals surface area contributed by atoms with Crippen LogP contribution in [0.4, 0.5) is 0 Å². The normalized spacial score (nSPS) is 15.9. The van der Waals surface area contributed by atoms with Crippen molar-refractivity contribution in [1.82, 2.24) is 9.80 Å². The molecule has 0 aliphatic carbocycles. The number of carbonyl (C=O) groups is 2. The lowest BCUT2D eigenvalue weighted by Gasteiger charge is -2.27. The molecule has 3 aromatic rings. The van der Waals surface area contributed by atoms with Gasteiger partial charge in [0.05, 0.1) is 25.3 Å². The number of aliphatic hydroxyl groups excluding tert-OH is 1. The molecule has 1 unspecified atom stereocenters. The van der Waals surface area contributed by atoms with Gasteiger partial charge in [-0.1, -0.05) is 70.0 Å². The number of Topliss-reactive ketones (excluding diaryl/α,β-unsaturated/α-hetero) is 1. The Morgan fingerprint density at radius 2 is 1.60 bits per heavy atom. The minimum atomic E-state index is -0.779. The molecule has 1 saturated heterocycles. The van der Waals surface area contributed by atoms with E-state index in [1.807, 2.05) is 42.5 Å². The first-order valence-electron chi connectivity index (χ1n) is 16.0. The van der Waals surface area contributed by atoms with E-state index in [1.165, 1.54) is 0 Å². The number of ketones is 1. The molecule has 1 aliphatic heterocycles. The van der Waals surface area contributed by atoms with Crippen molar-refractivity contribution in [3.8, 4) is 17.2 Å². The van der Waals surface area contributed by atoms with Gasteiger partial charge in [-0.25, -0.2) is 0 Å². The lowest BCUT2D eigenvalue weighted by atomic mass is 9.95. The van der Waals surface area contributed by atoms with Crippen molar-refractivity contribution in [3.63, 3.8) is 0 Å². The molecule has 1 amide bonds. The number of unbranched alkanes of at least 4 members (excludes halogenated alkanes) is 2. The van der Waals surface area contributed by atoms with Crippen molar-refractivity contribution in [3.05, 3.63) is 95.1 Å². The summed E-state index contributed by atoms with van der Waals surface area (Å²) in [6, 6.07) is 21.4. The van der Waals surface area contributed by atoms with Crippen LogP contribution in [0.1, 0.15) is 69.2 Å². The molecule has 1 N–H and O–H groups in total. The lowest BCUT2D eigenvalue weighted by molar-refractivity contribution is -0.140. The Labute approximate surface area is 267 Å². The fourth-order valence-electron chi connectivity index (χ4n) is 5.57. The molecule has 0 aromatic heterocycles. The first-order valence-corrected chi connectivity index (χ1v) is 16.0. The number of amides is 1. The fraction of sp³-hybridized carbons (Fsp3) is 0.405. The summed E-state index contributed by atoms with van der Waals surface area (Å²) < 4.78 is 17.6. The number of likely N-dealkylation sites (tertiary alicyclic amines) is 1. The van der Waals surface area contributed by atoms with Crippen molar-refractivity contribution >= 4 is 17.4 Å². The van der Waals surface area contributed by atoms with Gasteiger partial charge in [-0.3, -0.25) is 9.59 Å². The summed E-state index contributed by atoms with van der Waals surface area (Å²) in [5.41, 5.74) is 2.19. The van der Waals surface area contributed by atoms with E-state index in [2.05, 4.69) is 25.7 Å². The standard InChI is InChI=1S/C37H46N2O6/c1-5-8-12-24-44-31-21-18-29(25-32(31)43-4)34-33(36(41)37(42)39(34)23-13-22-38(6-2)7-3)35(40)28-16-19-30(20-17-28)45-26-27-14-10-9-11-15-27/h9-11,14-21,25,34,40H,5-8,12-13,22-24,26H2,1-4H3/b35-33-. The Hall–Kier alpha value is -4.30. The summed E-state index contributed by atoms with van der Waals surface area (Å²) in [7, 11) is 1.57. The summed E-state index contributed by atoms with van der Waals surface area (Å²) in [5.74, 6) is 0.187. The molecular weight excluding hydrogens is 568 g/mol. The second-order valence-corrected chi connectivity index (χ2v) is 11.1. The minimum Gasteiger partial charge on any atom is -0.507 e.